The number of fused-ring (bicyclic) bond motifs is 1. The number of benzene rings is 2. The van der Waals surface area contributed by atoms with E-state index in [1.807, 2.05) is 42.5 Å². The molecule has 2 aromatic carbocycles. The average molecular weight is 371 g/mol. The van der Waals surface area contributed by atoms with Gasteiger partial charge in [0.15, 0.2) is 0 Å². The summed E-state index contributed by atoms with van der Waals surface area (Å²) in [5.74, 6) is -0.00889. The molecule has 0 bridgehead atoms. The highest BCUT2D eigenvalue weighted by Crippen LogP contribution is 2.23. The quantitative estimate of drug-likeness (QED) is 0.461. The monoisotopic (exact) mass is 370 g/mol. The average Bonchev–Trinajstić information content (AvgIpc) is 3.01. The smallest absolute Gasteiger partial charge is 0.251 e. The zero-order valence-electron chi connectivity index (χ0n) is 14.5. The number of carbonyl (C=O) groups is 1. The van der Waals surface area contributed by atoms with Gasteiger partial charge in [-0.1, -0.05) is 26.0 Å². The van der Waals surface area contributed by atoms with Crippen molar-refractivity contribution in [2.24, 2.45) is 0 Å². The molecule has 0 saturated heterocycles. The van der Waals surface area contributed by atoms with Gasteiger partial charge in [-0.25, -0.2) is 4.98 Å². The van der Waals surface area contributed by atoms with Gasteiger partial charge in [0, 0.05) is 28.7 Å². The summed E-state index contributed by atoms with van der Waals surface area (Å²) in [6.45, 7) is 4.99. The maximum Gasteiger partial charge on any atom is 0.251 e. The zero-order valence-corrected chi connectivity index (χ0v) is 16.1. The van der Waals surface area contributed by atoms with Crippen LogP contribution in [-0.4, -0.2) is 22.7 Å². The van der Waals surface area contributed by atoms with Crippen molar-refractivity contribution >= 4 is 39.2 Å². The normalized spacial score (nSPS) is 11.2. The number of hydrogen-bond acceptors (Lipinski definition) is 4. The molecule has 0 atom stereocenters. The molecule has 0 fully saturated rings. The first kappa shape index (κ1) is 18.0. The van der Waals surface area contributed by atoms with Gasteiger partial charge in [0.25, 0.3) is 5.91 Å². The van der Waals surface area contributed by atoms with Crippen molar-refractivity contribution in [3.8, 4) is 0 Å². The molecule has 0 unspecified atom stereocenters. The van der Waals surface area contributed by atoms with Crippen molar-refractivity contribution in [3.63, 3.8) is 0 Å². The van der Waals surface area contributed by atoms with Crippen LogP contribution >= 0.6 is 23.1 Å². The molecular formula is C20H22N2OS2. The van der Waals surface area contributed by atoms with Crippen molar-refractivity contribution in [1.82, 2.24) is 10.3 Å². The summed E-state index contributed by atoms with van der Waals surface area (Å²) in [4.78, 5) is 18.0. The van der Waals surface area contributed by atoms with E-state index < -0.39 is 0 Å². The second-order valence-corrected chi connectivity index (χ2v) is 8.89. The van der Waals surface area contributed by atoms with E-state index in [2.05, 4.69) is 30.2 Å². The molecule has 0 spiro atoms. The molecule has 1 amide bonds. The van der Waals surface area contributed by atoms with Crippen LogP contribution in [0.2, 0.25) is 0 Å². The van der Waals surface area contributed by atoms with E-state index in [9.17, 15) is 4.79 Å². The summed E-state index contributed by atoms with van der Waals surface area (Å²) in [6.07, 6.45) is 1.79. The fraction of sp³-hybridized carbons (Fsp3) is 0.300. The number of nitrogens with one attached hydrogen (secondary N) is 1. The minimum absolute atomic E-state index is 0.00889. The van der Waals surface area contributed by atoms with Crippen LogP contribution in [0.3, 0.4) is 0 Å². The molecule has 3 aromatic rings. The number of hydrogen-bond donors (Lipinski definition) is 1. The van der Waals surface area contributed by atoms with Crippen molar-refractivity contribution in [3.05, 3.63) is 59.1 Å². The Hall–Kier alpha value is -1.85. The van der Waals surface area contributed by atoms with Crippen LogP contribution in [0.1, 0.15) is 35.6 Å². The maximum atomic E-state index is 12.2. The van der Waals surface area contributed by atoms with Crippen LogP contribution in [0.25, 0.3) is 10.2 Å². The summed E-state index contributed by atoms with van der Waals surface area (Å²) in [5, 5.41) is 4.67. The van der Waals surface area contributed by atoms with Gasteiger partial charge >= 0.3 is 0 Å². The van der Waals surface area contributed by atoms with E-state index in [0.29, 0.717) is 17.4 Å². The Morgan fingerprint density at radius 1 is 1.16 bits per heavy atom. The van der Waals surface area contributed by atoms with Crippen LogP contribution in [0, 0.1) is 0 Å². The Morgan fingerprint density at radius 3 is 2.64 bits per heavy atom. The van der Waals surface area contributed by atoms with E-state index in [1.165, 1.54) is 9.60 Å². The van der Waals surface area contributed by atoms with Gasteiger partial charge < -0.3 is 5.32 Å². The Kier molecular flexibility index (Phi) is 6.10. The number of aromatic nitrogens is 1. The zero-order chi connectivity index (χ0) is 17.6. The van der Waals surface area contributed by atoms with Gasteiger partial charge in [-0.15, -0.1) is 23.1 Å². The lowest BCUT2D eigenvalue weighted by molar-refractivity contribution is 0.0953. The Morgan fingerprint density at radius 2 is 1.92 bits per heavy atom. The lowest BCUT2D eigenvalue weighted by Crippen LogP contribution is -2.24. The van der Waals surface area contributed by atoms with Crippen molar-refractivity contribution in [2.75, 3.05) is 6.54 Å². The largest absolute Gasteiger partial charge is 0.352 e. The molecule has 1 heterocycles. The Labute approximate surface area is 156 Å². The molecular weight excluding hydrogens is 348 g/mol. The molecule has 0 aliphatic rings. The van der Waals surface area contributed by atoms with E-state index in [4.69, 9.17) is 0 Å². The lowest BCUT2D eigenvalue weighted by atomic mass is 10.2. The fourth-order valence-corrected chi connectivity index (χ4v) is 4.37. The van der Waals surface area contributed by atoms with Gasteiger partial charge in [0.05, 0.1) is 15.2 Å². The third-order valence-electron chi connectivity index (χ3n) is 3.68. The van der Waals surface area contributed by atoms with Gasteiger partial charge in [0.1, 0.15) is 0 Å². The first-order chi connectivity index (χ1) is 12.1. The van der Waals surface area contributed by atoms with Gasteiger partial charge in [-0.05, 0) is 42.8 Å². The van der Waals surface area contributed by atoms with Gasteiger partial charge in [-0.3, -0.25) is 4.79 Å². The van der Waals surface area contributed by atoms with Gasteiger partial charge in [0.2, 0.25) is 0 Å². The summed E-state index contributed by atoms with van der Waals surface area (Å²) in [7, 11) is 0. The SMILES string of the molecule is CC(C)Sc1ccc(C(=O)NCCCc2nc3ccccc3s2)cc1. The third kappa shape index (κ3) is 5.06. The first-order valence-electron chi connectivity index (χ1n) is 8.51. The summed E-state index contributed by atoms with van der Waals surface area (Å²) in [5.41, 5.74) is 1.78. The highest BCUT2D eigenvalue weighted by Gasteiger charge is 2.07. The van der Waals surface area contributed by atoms with Crippen molar-refractivity contribution in [1.29, 1.82) is 0 Å². The van der Waals surface area contributed by atoms with Crippen LogP contribution < -0.4 is 5.32 Å². The predicted octanol–water partition coefficient (Wildman–Crippen LogP) is 5.16. The number of thiazole rings is 1. The minimum Gasteiger partial charge on any atom is -0.352 e. The number of carbonyl (C=O) groups excluding carboxylic acids is 1. The molecule has 3 rings (SSSR count). The predicted molar refractivity (Wildman–Crippen MR) is 108 cm³/mol. The number of nitrogens with zero attached hydrogens (tertiary/aromatic N) is 1. The second-order valence-electron chi connectivity index (χ2n) is 6.13. The topological polar surface area (TPSA) is 42.0 Å². The minimum atomic E-state index is -0.00889. The number of thioether (sulfide) groups is 1. The summed E-state index contributed by atoms with van der Waals surface area (Å²) >= 11 is 3.53. The molecule has 5 heteroatoms. The van der Waals surface area contributed by atoms with Crippen LogP contribution in [0.5, 0.6) is 0 Å². The van der Waals surface area contributed by atoms with E-state index >= 15 is 0 Å². The highest BCUT2D eigenvalue weighted by atomic mass is 32.2. The maximum absolute atomic E-state index is 12.2. The molecule has 0 aliphatic carbocycles. The van der Waals surface area contributed by atoms with E-state index in [0.717, 1.165) is 23.4 Å². The first-order valence-corrected chi connectivity index (χ1v) is 10.2. The molecule has 0 saturated carbocycles. The standard InChI is InChI=1S/C20H22N2OS2/c1-14(2)24-16-11-9-15(10-12-16)20(23)21-13-5-8-19-22-17-6-3-4-7-18(17)25-19/h3-4,6-7,9-12,14H,5,8,13H2,1-2H3,(H,21,23). The van der Waals surface area contributed by atoms with Crippen molar-refractivity contribution < 1.29 is 4.79 Å². The third-order valence-corrected chi connectivity index (χ3v) is 5.79. The van der Waals surface area contributed by atoms with Crippen LogP contribution in [-0.2, 0) is 6.42 Å². The molecule has 3 nitrogen and oxygen atoms in total. The molecule has 1 aromatic heterocycles. The summed E-state index contributed by atoms with van der Waals surface area (Å²) < 4.78 is 1.22. The van der Waals surface area contributed by atoms with Crippen LogP contribution in [0.15, 0.2) is 53.4 Å². The van der Waals surface area contributed by atoms with Crippen LogP contribution in [0.4, 0.5) is 0 Å². The van der Waals surface area contributed by atoms with Gasteiger partial charge in [-0.2, -0.15) is 0 Å². The number of aryl methyl sites for hydroxylation is 1. The highest BCUT2D eigenvalue weighted by molar-refractivity contribution is 7.99. The molecule has 1 N–H and O–H groups in total. The fourth-order valence-electron chi connectivity index (χ4n) is 2.53. The Balaban J connectivity index is 1.45. The van der Waals surface area contributed by atoms with E-state index in [1.54, 1.807) is 23.1 Å². The second kappa shape index (κ2) is 8.50. The molecule has 130 valence electrons. The lowest BCUT2D eigenvalue weighted by Gasteiger charge is -2.07. The van der Waals surface area contributed by atoms with Crippen molar-refractivity contribution in [2.45, 2.75) is 36.8 Å². The van der Waals surface area contributed by atoms with E-state index in [-0.39, 0.29) is 5.91 Å². The Bertz CT molecular complexity index is 807. The summed E-state index contributed by atoms with van der Waals surface area (Å²) in [6, 6.07) is 16.0. The molecule has 25 heavy (non-hydrogen) atoms. The number of rotatable bonds is 7. The molecule has 0 radical (unpaired) electrons. The number of para-hydroxylation sites is 1. The number of amides is 1. The molecule has 0 aliphatic heterocycles.